The fourth-order valence-corrected chi connectivity index (χ4v) is 5.98. The van der Waals surface area contributed by atoms with Crippen LogP contribution in [0.5, 0.6) is 0 Å². The Morgan fingerprint density at radius 1 is 1.06 bits per heavy atom. The second-order valence-electron chi connectivity index (χ2n) is 9.47. The number of benzene rings is 2. The van der Waals surface area contributed by atoms with Gasteiger partial charge in [0.15, 0.2) is 0 Å². The molecule has 4 nitrogen and oxygen atoms in total. The predicted octanol–water partition coefficient (Wildman–Crippen LogP) is 7.02. The quantitative estimate of drug-likeness (QED) is 0.389. The molecule has 1 aliphatic heterocycles. The largest absolute Gasteiger partial charge is 0.373 e. The number of rotatable bonds is 6. The fraction of sp³-hybridized carbons (Fsp3) is 0.423. The first kappa shape index (κ1) is 20.6. The van der Waals surface area contributed by atoms with Crippen molar-refractivity contribution < 1.29 is 9.26 Å². The Morgan fingerprint density at radius 3 is 2.47 bits per heavy atom. The van der Waals surface area contributed by atoms with Crippen LogP contribution >= 0.6 is 23.2 Å². The summed E-state index contributed by atoms with van der Waals surface area (Å²) in [4.78, 5) is 2.55. The molecule has 0 unspecified atom stereocenters. The maximum Gasteiger partial charge on any atom is 0.145 e. The highest BCUT2D eigenvalue weighted by atomic mass is 35.5. The van der Waals surface area contributed by atoms with Crippen LogP contribution < -0.4 is 4.90 Å². The summed E-state index contributed by atoms with van der Waals surface area (Å²) in [5.74, 6) is 1.94. The molecule has 2 saturated carbocycles. The minimum Gasteiger partial charge on any atom is -0.373 e. The van der Waals surface area contributed by atoms with E-state index in [0.29, 0.717) is 34.5 Å². The molecule has 0 spiro atoms. The molecule has 0 radical (unpaired) electrons. The molecule has 6 rings (SSSR count). The van der Waals surface area contributed by atoms with Crippen molar-refractivity contribution in [1.29, 1.82) is 0 Å². The van der Waals surface area contributed by atoms with Gasteiger partial charge in [-0.1, -0.05) is 52.1 Å². The molecular formula is C26H26Cl2N2O2. The predicted molar refractivity (Wildman–Crippen MR) is 128 cm³/mol. The van der Waals surface area contributed by atoms with Gasteiger partial charge in [-0.2, -0.15) is 0 Å². The molecule has 3 fully saturated rings. The van der Waals surface area contributed by atoms with Gasteiger partial charge in [0.05, 0.1) is 22.8 Å². The van der Waals surface area contributed by atoms with Gasteiger partial charge >= 0.3 is 0 Å². The number of piperidine rings is 1. The van der Waals surface area contributed by atoms with Gasteiger partial charge in [0.25, 0.3) is 0 Å². The average molecular weight is 469 g/mol. The molecule has 1 saturated heterocycles. The Balaban J connectivity index is 1.20. The number of hydrogen-bond acceptors (Lipinski definition) is 4. The molecule has 1 aromatic heterocycles. The highest BCUT2D eigenvalue weighted by Crippen LogP contribution is 2.47. The molecule has 2 heterocycles. The van der Waals surface area contributed by atoms with Crippen molar-refractivity contribution in [2.24, 2.45) is 5.92 Å². The Kier molecular flexibility index (Phi) is 5.20. The second kappa shape index (κ2) is 8.09. The Labute approximate surface area is 198 Å². The summed E-state index contributed by atoms with van der Waals surface area (Å²) in [5, 5.41) is 5.56. The molecule has 3 aliphatic rings. The topological polar surface area (TPSA) is 38.5 Å². The van der Waals surface area contributed by atoms with Gasteiger partial charge in [0.2, 0.25) is 0 Å². The zero-order chi connectivity index (χ0) is 21.8. The third-order valence-corrected chi connectivity index (χ3v) is 7.88. The molecule has 3 atom stereocenters. The average Bonchev–Trinajstić information content (AvgIpc) is 3.23. The summed E-state index contributed by atoms with van der Waals surface area (Å²) in [5.41, 5.74) is 5.11. The Hall–Kier alpha value is -2.01. The monoisotopic (exact) mass is 468 g/mol. The lowest BCUT2D eigenvalue weighted by molar-refractivity contribution is 0.0122. The number of aromatic nitrogens is 1. The Bertz CT molecular complexity index is 1120. The number of hydrogen-bond donors (Lipinski definition) is 0. The van der Waals surface area contributed by atoms with E-state index in [0.717, 1.165) is 48.4 Å². The van der Waals surface area contributed by atoms with Gasteiger partial charge in [-0.3, -0.25) is 0 Å². The summed E-state index contributed by atoms with van der Waals surface area (Å²) in [6.07, 6.45) is 4.79. The first-order chi connectivity index (χ1) is 15.6. The molecule has 0 amide bonds. The zero-order valence-corrected chi connectivity index (χ0v) is 19.6. The summed E-state index contributed by atoms with van der Waals surface area (Å²) in [6, 6.07) is 15.0. The standard InChI is InChI=1S/C26H26Cl2N2O2/c1-15-5-9-18(10-6-15)30-13-17-11-19(30)12-23(17)31-14-20-25(29-32-26(20)16-7-8-16)24-21(27)3-2-4-22(24)28/h2-6,9-10,16-17,19,23H,7-8,11-14H2,1H3/t17-,19-,23+/m0/s1. The van der Waals surface area contributed by atoms with Crippen LogP contribution in [0.4, 0.5) is 5.69 Å². The number of ether oxygens (including phenoxy) is 1. The number of anilines is 1. The van der Waals surface area contributed by atoms with E-state index >= 15 is 0 Å². The van der Waals surface area contributed by atoms with Crippen LogP contribution in [0.2, 0.25) is 10.0 Å². The van der Waals surface area contributed by atoms with Crippen molar-refractivity contribution >= 4 is 28.9 Å². The molecule has 2 bridgehead atoms. The maximum absolute atomic E-state index is 6.53. The fourth-order valence-electron chi connectivity index (χ4n) is 5.40. The summed E-state index contributed by atoms with van der Waals surface area (Å²) in [6.45, 7) is 3.68. The van der Waals surface area contributed by atoms with Crippen LogP contribution in [-0.4, -0.2) is 23.8 Å². The van der Waals surface area contributed by atoms with E-state index in [-0.39, 0.29) is 6.10 Å². The molecule has 166 valence electrons. The highest BCUT2D eigenvalue weighted by Gasteiger charge is 2.45. The number of aryl methyl sites for hydroxylation is 1. The van der Waals surface area contributed by atoms with Crippen molar-refractivity contribution in [3.8, 4) is 11.3 Å². The van der Waals surface area contributed by atoms with Crippen molar-refractivity contribution in [2.75, 3.05) is 11.4 Å². The highest BCUT2D eigenvalue weighted by molar-refractivity contribution is 6.39. The molecule has 2 aromatic carbocycles. The second-order valence-corrected chi connectivity index (χ2v) is 10.3. The minimum absolute atomic E-state index is 0.262. The lowest BCUT2D eigenvalue weighted by Crippen LogP contribution is -2.38. The van der Waals surface area contributed by atoms with E-state index in [1.165, 1.54) is 17.7 Å². The lowest BCUT2D eigenvalue weighted by Gasteiger charge is -2.33. The first-order valence-electron chi connectivity index (χ1n) is 11.5. The van der Waals surface area contributed by atoms with Gasteiger partial charge in [0, 0.05) is 41.2 Å². The SMILES string of the molecule is Cc1ccc(N2C[C@@H]3C[C@H]2C[C@H]3OCc2c(-c3c(Cl)cccc3Cl)noc2C2CC2)cc1. The van der Waals surface area contributed by atoms with Crippen LogP contribution in [0.3, 0.4) is 0 Å². The zero-order valence-electron chi connectivity index (χ0n) is 18.1. The van der Waals surface area contributed by atoms with Crippen LogP contribution in [0.1, 0.15) is 48.5 Å². The third-order valence-electron chi connectivity index (χ3n) is 7.25. The number of nitrogens with zero attached hydrogens (tertiary/aromatic N) is 2. The molecule has 6 heteroatoms. The van der Waals surface area contributed by atoms with Gasteiger partial charge in [-0.05, 0) is 56.9 Å². The molecule has 32 heavy (non-hydrogen) atoms. The van der Waals surface area contributed by atoms with Crippen LogP contribution in [0, 0.1) is 12.8 Å². The van der Waals surface area contributed by atoms with Crippen LogP contribution in [-0.2, 0) is 11.3 Å². The van der Waals surface area contributed by atoms with Gasteiger partial charge in [0.1, 0.15) is 11.5 Å². The minimum atomic E-state index is 0.262. The van der Waals surface area contributed by atoms with Crippen LogP contribution in [0.25, 0.3) is 11.3 Å². The van der Waals surface area contributed by atoms with Crippen molar-refractivity contribution in [1.82, 2.24) is 5.16 Å². The normalized spacial score (nSPS) is 24.5. The maximum atomic E-state index is 6.53. The van der Waals surface area contributed by atoms with E-state index in [2.05, 4.69) is 41.2 Å². The number of fused-ring (bicyclic) bond motifs is 2. The first-order valence-corrected chi connectivity index (χ1v) is 12.2. The molecule has 3 aromatic rings. The van der Waals surface area contributed by atoms with Gasteiger partial charge < -0.3 is 14.2 Å². The Morgan fingerprint density at radius 2 is 1.81 bits per heavy atom. The van der Waals surface area contributed by atoms with E-state index < -0.39 is 0 Å². The summed E-state index contributed by atoms with van der Waals surface area (Å²) in [7, 11) is 0. The number of halogens is 2. The lowest BCUT2D eigenvalue weighted by atomic mass is 10.0. The van der Waals surface area contributed by atoms with Gasteiger partial charge in [-0.15, -0.1) is 0 Å². The van der Waals surface area contributed by atoms with Gasteiger partial charge in [-0.25, -0.2) is 0 Å². The van der Waals surface area contributed by atoms with Crippen LogP contribution in [0.15, 0.2) is 47.0 Å². The van der Waals surface area contributed by atoms with Crippen molar-refractivity contribution in [3.05, 3.63) is 69.4 Å². The van der Waals surface area contributed by atoms with E-state index in [1.807, 2.05) is 18.2 Å². The molecular weight excluding hydrogens is 443 g/mol. The molecule has 2 aliphatic carbocycles. The smallest absolute Gasteiger partial charge is 0.145 e. The third kappa shape index (κ3) is 3.63. The van der Waals surface area contributed by atoms with Crippen molar-refractivity contribution in [2.45, 2.75) is 57.3 Å². The molecule has 0 N–H and O–H groups in total. The van der Waals surface area contributed by atoms with Crippen molar-refractivity contribution in [3.63, 3.8) is 0 Å². The van der Waals surface area contributed by atoms with E-state index in [1.54, 1.807) is 0 Å². The van der Waals surface area contributed by atoms with E-state index in [4.69, 9.17) is 32.5 Å². The summed E-state index contributed by atoms with van der Waals surface area (Å²) >= 11 is 13.0. The van der Waals surface area contributed by atoms with E-state index in [9.17, 15) is 0 Å². The summed E-state index contributed by atoms with van der Waals surface area (Å²) < 4.78 is 12.3.